The van der Waals surface area contributed by atoms with Gasteiger partial charge in [0.2, 0.25) is 0 Å². The lowest BCUT2D eigenvalue weighted by molar-refractivity contribution is -0.106. The first-order chi connectivity index (χ1) is 11.9. The maximum atomic E-state index is 5.88. The van der Waals surface area contributed by atoms with E-state index >= 15 is 0 Å². The number of nitrogens with zero attached hydrogens (tertiary/aromatic N) is 4. The number of aliphatic imine (C=N–C) groups is 1. The van der Waals surface area contributed by atoms with Crippen LogP contribution in [0.1, 0.15) is 31.9 Å². The summed E-state index contributed by atoms with van der Waals surface area (Å²) in [5, 5.41) is 15.2. The molecule has 2 heterocycles. The van der Waals surface area contributed by atoms with Gasteiger partial charge in [0.1, 0.15) is 12.4 Å². The van der Waals surface area contributed by atoms with Gasteiger partial charge < -0.3 is 24.7 Å². The summed E-state index contributed by atoms with van der Waals surface area (Å²) < 4.78 is 13.0. The number of rotatable bonds is 6. The van der Waals surface area contributed by atoms with Crippen molar-refractivity contribution >= 4 is 5.96 Å². The molecule has 3 unspecified atom stereocenters. The molecule has 1 saturated heterocycles. The molecule has 2 N–H and O–H groups in total. The summed E-state index contributed by atoms with van der Waals surface area (Å²) in [6, 6.07) is 0.357. The lowest BCUT2D eigenvalue weighted by Crippen LogP contribution is -2.68. The lowest BCUT2D eigenvalue weighted by Gasteiger charge is -2.54. The lowest BCUT2D eigenvalue weighted by atomic mass is 9.57. The molecule has 1 aromatic heterocycles. The van der Waals surface area contributed by atoms with Crippen LogP contribution in [0.5, 0.6) is 0 Å². The molecule has 0 aromatic carbocycles. The zero-order chi connectivity index (χ0) is 18.0. The van der Waals surface area contributed by atoms with Crippen molar-refractivity contribution in [2.75, 3.05) is 26.9 Å². The fourth-order valence-electron chi connectivity index (χ4n) is 3.93. The summed E-state index contributed by atoms with van der Waals surface area (Å²) >= 11 is 0. The van der Waals surface area contributed by atoms with Gasteiger partial charge in [-0.05, 0) is 13.3 Å². The molecule has 3 rings (SSSR count). The third-order valence-electron chi connectivity index (χ3n) is 5.55. The van der Waals surface area contributed by atoms with Gasteiger partial charge in [-0.1, -0.05) is 13.8 Å². The van der Waals surface area contributed by atoms with E-state index in [0.29, 0.717) is 37.8 Å². The number of hydrogen-bond acceptors (Lipinski definition) is 5. The highest BCUT2D eigenvalue weighted by Gasteiger charge is 2.59. The van der Waals surface area contributed by atoms with Gasteiger partial charge in [0.15, 0.2) is 11.8 Å². The smallest absolute Gasteiger partial charge is 0.192 e. The Morgan fingerprint density at radius 2 is 2.24 bits per heavy atom. The first-order valence-corrected chi connectivity index (χ1v) is 8.95. The summed E-state index contributed by atoms with van der Waals surface area (Å²) in [7, 11) is 3.66. The third kappa shape index (κ3) is 3.50. The van der Waals surface area contributed by atoms with Gasteiger partial charge in [-0.25, -0.2) is 4.99 Å². The van der Waals surface area contributed by atoms with Gasteiger partial charge >= 0.3 is 0 Å². The van der Waals surface area contributed by atoms with Crippen LogP contribution in [-0.2, 0) is 23.1 Å². The normalized spacial score (nSPS) is 27.7. The van der Waals surface area contributed by atoms with Crippen LogP contribution in [0.4, 0.5) is 0 Å². The Morgan fingerprint density at radius 1 is 1.44 bits per heavy atom. The van der Waals surface area contributed by atoms with Crippen LogP contribution in [0.2, 0.25) is 0 Å². The van der Waals surface area contributed by atoms with Crippen LogP contribution in [0, 0.1) is 18.3 Å². The number of nitrogens with one attached hydrogen (secondary N) is 2. The Hall–Kier alpha value is -1.67. The summed E-state index contributed by atoms with van der Waals surface area (Å²) in [5.74, 6) is 3.08. The van der Waals surface area contributed by atoms with E-state index in [0.717, 1.165) is 30.6 Å². The number of ether oxygens (including phenoxy) is 2. The molecular formula is C17H30N6O2. The second-order valence-corrected chi connectivity index (χ2v) is 7.49. The average molecular weight is 350 g/mol. The summed E-state index contributed by atoms with van der Waals surface area (Å²) in [5.41, 5.74) is 0.103. The van der Waals surface area contributed by atoms with Crippen LogP contribution >= 0.6 is 0 Å². The zero-order valence-electron chi connectivity index (χ0n) is 15.9. The highest BCUT2D eigenvalue weighted by Crippen LogP contribution is 2.52. The molecule has 8 nitrogen and oxygen atoms in total. The van der Waals surface area contributed by atoms with Crippen molar-refractivity contribution in [3.05, 3.63) is 11.6 Å². The molecule has 8 heteroatoms. The summed E-state index contributed by atoms with van der Waals surface area (Å²) in [6.07, 6.45) is 1.46. The first-order valence-electron chi connectivity index (χ1n) is 8.95. The monoisotopic (exact) mass is 350 g/mol. The van der Waals surface area contributed by atoms with Crippen LogP contribution in [0.3, 0.4) is 0 Å². The highest BCUT2D eigenvalue weighted by atomic mass is 16.5. The average Bonchev–Trinajstić information content (AvgIpc) is 3.17. The number of methoxy groups -OCH3 is 1. The minimum atomic E-state index is 0.103. The summed E-state index contributed by atoms with van der Waals surface area (Å²) in [4.78, 5) is 4.72. The van der Waals surface area contributed by atoms with E-state index in [-0.39, 0.29) is 5.41 Å². The number of hydrogen-bond donors (Lipinski definition) is 2. The fraction of sp³-hybridized carbons (Fsp3) is 0.824. The standard InChI is InChI=1S/C17H30N6O2/c1-11-21-22-13(23(11)4)10-19-16(18-7-9-24-5)20-14-12-6-8-25-15(12)17(14,2)3/h12,14-15H,6-10H2,1-5H3,(H2,18,19,20). The molecule has 1 aliphatic heterocycles. The molecule has 1 saturated carbocycles. The summed E-state index contributed by atoms with van der Waals surface area (Å²) in [6.45, 7) is 9.14. The number of fused-ring (bicyclic) bond motifs is 1. The minimum absolute atomic E-state index is 0.103. The van der Waals surface area contributed by atoms with Crippen molar-refractivity contribution in [2.24, 2.45) is 23.4 Å². The molecule has 0 spiro atoms. The quantitative estimate of drug-likeness (QED) is 0.444. The Bertz CT molecular complexity index is 627. The molecule has 25 heavy (non-hydrogen) atoms. The van der Waals surface area contributed by atoms with E-state index in [1.54, 1.807) is 7.11 Å². The van der Waals surface area contributed by atoms with Crippen molar-refractivity contribution in [1.29, 1.82) is 0 Å². The van der Waals surface area contributed by atoms with Crippen LogP contribution < -0.4 is 10.6 Å². The molecule has 0 radical (unpaired) electrons. The van der Waals surface area contributed by atoms with Gasteiger partial charge in [-0.2, -0.15) is 0 Å². The van der Waals surface area contributed by atoms with Gasteiger partial charge in [0, 0.05) is 44.7 Å². The number of aromatic nitrogens is 3. The fourth-order valence-corrected chi connectivity index (χ4v) is 3.93. The molecular weight excluding hydrogens is 320 g/mol. The SMILES string of the molecule is COCCNC(=NCc1nnc(C)n1C)NC1C2CCOC2C1(C)C. The molecule has 0 bridgehead atoms. The molecule has 2 aliphatic rings. The van der Waals surface area contributed by atoms with Crippen molar-refractivity contribution < 1.29 is 9.47 Å². The van der Waals surface area contributed by atoms with Crippen LogP contribution in [0.15, 0.2) is 4.99 Å². The highest BCUT2D eigenvalue weighted by molar-refractivity contribution is 5.80. The van der Waals surface area contributed by atoms with E-state index in [2.05, 4.69) is 34.7 Å². The van der Waals surface area contributed by atoms with E-state index in [1.807, 2.05) is 18.5 Å². The van der Waals surface area contributed by atoms with E-state index in [9.17, 15) is 0 Å². The van der Waals surface area contributed by atoms with Gasteiger partial charge in [-0.15, -0.1) is 10.2 Å². The van der Waals surface area contributed by atoms with E-state index in [4.69, 9.17) is 14.5 Å². The van der Waals surface area contributed by atoms with Crippen LogP contribution in [-0.4, -0.2) is 59.7 Å². The Kier molecular flexibility index (Phi) is 5.29. The Labute approximate surface area is 149 Å². The van der Waals surface area contributed by atoms with Crippen molar-refractivity contribution in [2.45, 2.75) is 45.9 Å². The van der Waals surface area contributed by atoms with Crippen molar-refractivity contribution in [3.8, 4) is 0 Å². The largest absolute Gasteiger partial charge is 0.383 e. The van der Waals surface area contributed by atoms with Gasteiger partial charge in [-0.3, -0.25) is 0 Å². The Balaban J connectivity index is 1.68. The molecule has 0 amide bonds. The van der Waals surface area contributed by atoms with Crippen molar-refractivity contribution in [3.63, 3.8) is 0 Å². The predicted molar refractivity (Wildman–Crippen MR) is 95.3 cm³/mol. The maximum Gasteiger partial charge on any atom is 0.192 e. The minimum Gasteiger partial charge on any atom is -0.383 e. The molecule has 2 fully saturated rings. The topological polar surface area (TPSA) is 85.6 Å². The first kappa shape index (κ1) is 18.1. The maximum absolute atomic E-state index is 5.88. The van der Waals surface area contributed by atoms with E-state index < -0.39 is 0 Å². The Morgan fingerprint density at radius 3 is 2.92 bits per heavy atom. The molecule has 3 atom stereocenters. The molecule has 140 valence electrons. The second-order valence-electron chi connectivity index (χ2n) is 7.49. The van der Waals surface area contributed by atoms with Gasteiger partial charge in [0.05, 0.1) is 12.7 Å². The van der Waals surface area contributed by atoms with Gasteiger partial charge in [0.25, 0.3) is 0 Å². The van der Waals surface area contributed by atoms with Crippen LogP contribution in [0.25, 0.3) is 0 Å². The zero-order valence-corrected chi connectivity index (χ0v) is 15.9. The number of guanidine groups is 1. The van der Waals surface area contributed by atoms with Crippen molar-refractivity contribution in [1.82, 2.24) is 25.4 Å². The third-order valence-corrected chi connectivity index (χ3v) is 5.55. The molecule has 1 aromatic rings. The predicted octanol–water partition coefficient (Wildman–Crippen LogP) is 0.619. The second kappa shape index (κ2) is 7.29. The molecule has 1 aliphatic carbocycles. The van der Waals surface area contributed by atoms with E-state index in [1.165, 1.54) is 0 Å². The number of aryl methyl sites for hydroxylation is 1.